The van der Waals surface area contributed by atoms with Crippen molar-refractivity contribution in [2.45, 2.75) is 64.8 Å². The van der Waals surface area contributed by atoms with Crippen LogP contribution in [0.4, 0.5) is 13.2 Å². The first kappa shape index (κ1) is 33.4. The quantitative estimate of drug-likeness (QED) is 0.231. The third kappa shape index (κ3) is 10.3. The van der Waals surface area contributed by atoms with Crippen molar-refractivity contribution >= 4 is 23.6 Å². The molecule has 2 aromatic rings. The Morgan fingerprint density at radius 2 is 1.58 bits per heavy atom. The van der Waals surface area contributed by atoms with Crippen molar-refractivity contribution in [3.05, 3.63) is 65.2 Å². The second-order valence-corrected chi connectivity index (χ2v) is 10.9. The highest BCUT2D eigenvalue weighted by Gasteiger charge is 2.38. The van der Waals surface area contributed by atoms with Crippen molar-refractivity contribution in [3.8, 4) is 5.75 Å². The number of hydrogen-bond acceptors (Lipinski definition) is 6. The van der Waals surface area contributed by atoms with Crippen LogP contribution in [-0.2, 0) is 38.7 Å². The molecule has 0 aliphatic carbocycles. The van der Waals surface area contributed by atoms with Crippen LogP contribution in [-0.4, -0.2) is 47.7 Å². The Labute approximate surface area is 247 Å². The molecule has 2 aromatic carbocycles. The maximum Gasteiger partial charge on any atom is 0.471 e. The van der Waals surface area contributed by atoms with Gasteiger partial charge in [0, 0.05) is 25.4 Å². The third-order valence-corrected chi connectivity index (χ3v) is 7.12. The molecule has 4 amide bonds. The van der Waals surface area contributed by atoms with Gasteiger partial charge in [0.15, 0.2) is 0 Å². The van der Waals surface area contributed by atoms with Gasteiger partial charge in [0.2, 0.25) is 17.7 Å². The molecule has 43 heavy (non-hydrogen) atoms. The van der Waals surface area contributed by atoms with Gasteiger partial charge in [-0.2, -0.15) is 13.2 Å². The molecule has 2 aliphatic rings. The Bertz CT molecular complexity index is 1250. The van der Waals surface area contributed by atoms with Crippen molar-refractivity contribution in [3.63, 3.8) is 0 Å². The second kappa shape index (κ2) is 15.4. The van der Waals surface area contributed by atoms with Gasteiger partial charge in [0.05, 0.1) is 12.5 Å². The molecule has 0 saturated heterocycles. The molecule has 0 aromatic heterocycles. The summed E-state index contributed by atoms with van der Waals surface area (Å²) in [6.45, 7) is 3.90. The van der Waals surface area contributed by atoms with Crippen LogP contribution in [0.5, 0.6) is 5.75 Å². The monoisotopic (exact) mass is 606 g/mol. The zero-order valence-electron chi connectivity index (χ0n) is 24.0. The number of hydroxylamine groups is 1. The summed E-state index contributed by atoms with van der Waals surface area (Å²) in [5.74, 6) is -4.66. The number of fused-ring (bicyclic) bond motifs is 11. The van der Waals surface area contributed by atoms with Crippen molar-refractivity contribution in [2.24, 2.45) is 17.8 Å². The molecule has 10 nitrogen and oxygen atoms in total. The molecule has 0 unspecified atom stereocenters. The van der Waals surface area contributed by atoms with Crippen LogP contribution in [0.1, 0.15) is 49.8 Å². The van der Waals surface area contributed by atoms with Gasteiger partial charge >= 0.3 is 12.1 Å². The first-order valence-electron chi connectivity index (χ1n) is 14.0. The molecular formula is C30H37F3N4O6. The Morgan fingerprint density at radius 3 is 2.14 bits per heavy atom. The van der Waals surface area contributed by atoms with Crippen LogP contribution >= 0.6 is 0 Å². The topological polar surface area (TPSA) is 146 Å². The molecule has 5 N–H and O–H groups in total. The average Bonchev–Trinajstić information content (AvgIpc) is 2.97. The number of nitrogens with one attached hydrogen (secondary N) is 4. The van der Waals surface area contributed by atoms with E-state index in [1.165, 1.54) is 12.1 Å². The Kier molecular flexibility index (Phi) is 11.9. The van der Waals surface area contributed by atoms with Gasteiger partial charge in [-0.05, 0) is 54.0 Å². The number of alkyl halides is 3. The SMILES string of the molecule is CC(C)C[C@H]1C(=O)N[C@H](C(=O)NCc2ccc(CNC(=O)C(F)(F)F)cc2)Cc2ccc(cc2)OCCC[C@@H]1C(=O)NO. The lowest BCUT2D eigenvalue weighted by molar-refractivity contribution is -0.173. The average molecular weight is 607 g/mol. The zero-order chi connectivity index (χ0) is 31.6. The summed E-state index contributed by atoms with van der Waals surface area (Å²) in [7, 11) is 0. The minimum Gasteiger partial charge on any atom is -0.494 e. The van der Waals surface area contributed by atoms with E-state index in [-0.39, 0.29) is 31.8 Å². The molecular weight excluding hydrogens is 569 g/mol. The molecule has 13 heteroatoms. The predicted octanol–water partition coefficient (Wildman–Crippen LogP) is 3.17. The minimum atomic E-state index is -4.97. The minimum absolute atomic E-state index is 0.0451. The summed E-state index contributed by atoms with van der Waals surface area (Å²) >= 11 is 0. The van der Waals surface area contributed by atoms with Crippen LogP contribution in [0.15, 0.2) is 48.5 Å². The molecule has 0 spiro atoms. The largest absolute Gasteiger partial charge is 0.494 e. The van der Waals surface area contributed by atoms with Gasteiger partial charge < -0.3 is 20.7 Å². The highest BCUT2D eigenvalue weighted by molar-refractivity contribution is 5.91. The highest BCUT2D eigenvalue weighted by Crippen LogP contribution is 2.27. The number of amides is 4. The van der Waals surface area contributed by atoms with Crippen LogP contribution in [0.25, 0.3) is 0 Å². The van der Waals surface area contributed by atoms with Gasteiger partial charge in [-0.15, -0.1) is 0 Å². The molecule has 234 valence electrons. The molecule has 3 atom stereocenters. The normalized spacial score (nSPS) is 19.5. The van der Waals surface area contributed by atoms with E-state index in [9.17, 15) is 37.6 Å². The molecule has 0 fully saturated rings. The summed E-state index contributed by atoms with van der Waals surface area (Å²) in [6.07, 6.45) is -3.73. The van der Waals surface area contributed by atoms with E-state index in [1.807, 2.05) is 13.8 Å². The third-order valence-electron chi connectivity index (χ3n) is 7.12. The summed E-state index contributed by atoms with van der Waals surface area (Å²) in [5, 5.41) is 16.8. The summed E-state index contributed by atoms with van der Waals surface area (Å²) in [6, 6.07) is 12.4. The number of hydrogen-bond donors (Lipinski definition) is 5. The van der Waals surface area contributed by atoms with Gasteiger partial charge in [-0.1, -0.05) is 50.2 Å². The van der Waals surface area contributed by atoms with Crippen molar-refractivity contribution in [1.82, 2.24) is 21.4 Å². The maximum atomic E-state index is 13.6. The lowest BCUT2D eigenvalue weighted by Crippen LogP contribution is -2.51. The van der Waals surface area contributed by atoms with E-state index in [0.29, 0.717) is 36.3 Å². The maximum absolute atomic E-state index is 13.6. The van der Waals surface area contributed by atoms with Crippen LogP contribution in [0.3, 0.4) is 0 Å². The van der Waals surface area contributed by atoms with E-state index in [1.54, 1.807) is 47.2 Å². The Morgan fingerprint density at radius 1 is 0.977 bits per heavy atom. The number of benzene rings is 2. The van der Waals surface area contributed by atoms with Crippen molar-refractivity contribution in [1.29, 1.82) is 0 Å². The standard InChI is InChI=1S/C30H37F3N4O6/c1-18(2)14-24-23(27(39)37-42)4-3-13-43-22-11-9-19(10-12-22)15-25(36-26(24)38)28(40)34-16-20-5-7-21(8-6-20)17-35-29(41)30(31,32)33/h5-12,18,23-25,42H,3-4,13-17H2,1-2H3,(H,34,40)(H,35,41)(H,36,38)(H,37,39)/t23-,24+,25-/m0/s1. The highest BCUT2D eigenvalue weighted by atomic mass is 19.4. The van der Waals surface area contributed by atoms with Crippen LogP contribution in [0.2, 0.25) is 0 Å². The molecule has 2 heterocycles. The van der Waals surface area contributed by atoms with Gasteiger partial charge in [0.1, 0.15) is 11.8 Å². The number of rotatable bonds is 8. The molecule has 0 radical (unpaired) electrons. The first-order chi connectivity index (χ1) is 20.4. The number of carbonyl (C=O) groups excluding carboxylic acids is 4. The predicted molar refractivity (Wildman–Crippen MR) is 149 cm³/mol. The van der Waals surface area contributed by atoms with Gasteiger partial charge in [0.25, 0.3) is 0 Å². The lowest BCUT2D eigenvalue weighted by atomic mass is 9.81. The fourth-order valence-electron chi connectivity index (χ4n) is 4.87. The molecule has 2 aliphatic heterocycles. The van der Waals surface area contributed by atoms with Crippen LogP contribution in [0, 0.1) is 17.8 Å². The van der Waals surface area contributed by atoms with E-state index in [0.717, 1.165) is 5.56 Å². The number of carbonyl (C=O) groups is 4. The van der Waals surface area contributed by atoms with Crippen LogP contribution < -0.4 is 26.2 Å². The second-order valence-electron chi connectivity index (χ2n) is 10.9. The van der Waals surface area contributed by atoms with E-state index in [2.05, 4.69) is 10.6 Å². The summed E-state index contributed by atoms with van der Waals surface area (Å²) in [4.78, 5) is 50.7. The van der Waals surface area contributed by atoms with Crippen molar-refractivity contribution < 1.29 is 42.3 Å². The fourth-order valence-corrected chi connectivity index (χ4v) is 4.87. The Balaban J connectivity index is 1.76. The summed E-state index contributed by atoms with van der Waals surface area (Å²) in [5.41, 5.74) is 3.52. The summed E-state index contributed by atoms with van der Waals surface area (Å²) < 4.78 is 43.0. The smallest absolute Gasteiger partial charge is 0.471 e. The molecule has 2 bridgehead atoms. The molecule has 4 rings (SSSR count). The van der Waals surface area contributed by atoms with E-state index in [4.69, 9.17) is 4.74 Å². The van der Waals surface area contributed by atoms with Crippen molar-refractivity contribution in [2.75, 3.05) is 6.61 Å². The van der Waals surface area contributed by atoms with Gasteiger partial charge in [-0.25, -0.2) is 5.48 Å². The fraction of sp³-hybridized carbons (Fsp3) is 0.467. The Hall–Kier alpha value is -4.13. The lowest BCUT2D eigenvalue weighted by Gasteiger charge is -2.29. The molecule has 0 saturated carbocycles. The van der Waals surface area contributed by atoms with E-state index < -0.39 is 47.7 Å². The zero-order valence-corrected chi connectivity index (χ0v) is 24.0. The van der Waals surface area contributed by atoms with Gasteiger partial charge in [-0.3, -0.25) is 24.4 Å². The first-order valence-corrected chi connectivity index (χ1v) is 14.0. The van der Waals surface area contributed by atoms with E-state index >= 15 is 0 Å². The number of halogens is 3. The number of ether oxygens (including phenoxy) is 1.